The van der Waals surface area contributed by atoms with E-state index in [9.17, 15) is 9.90 Å². The van der Waals surface area contributed by atoms with Crippen molar-refractivity contribution in [2.75, 3.05) is 36.4 Å². The molecule has 34 heavy (non-hydrogen) atoms. The zero-order valence-corrected chi connectivity index (χ0v) is 19.9. The van der Waals surface area contributed by atoms with Crippen LogP contribution in [-0.4, -0.2) is 47.2 Å². The van der Waals surface area contributed by atoms with E-state index < -0.39 is 5.60 Å². The predicted molar refractivity (Wildman–Crippen MR) is 137 cm³/mol. The number of amides is 2. The summed E-state index contributed by atoms with van der Waals surface area (Å²) < 4.78 is 0. The van der Waals surface area contributed by atoms with Gasteiger partial charge in [0, 0.05) is 37.2 Å². The van der Waals surface area contributed by atoms with Crippen LogP contribution < -0.4 is 10.2 Å². The lowest BCUT2D eigenvalue weighted by atomic mass is 9.90. The smallest absolute Gasteiger partial charge is 0.323 e. The number of thiazole rings is 1. The average Bonchev–Trinajstić information content (AvgIpc) is 3.54. The number of terminal acetylenes is 1. The van der Waals surface area contributed by atoms with Gasteiger partial charge in [0.25, 0.3) is 0 Å². The monoisotopic (exact) mass is 472 g/mol. The number of aliphatic hydroxyl groups is 1. The van der Waals surface area contributed by atoms with Gasteiger partial charge in [0.15, 0.2) is 5.01 Å². The van der Waals surface area contributed by atoms with E-state index in [0.717, 1.165) is 61.2 Å². The molecule has 2 amide bonds. The molecule has 7 heteroatoms. The topological polar surface area (TPSA) is 68.7 Å². The molecule has 1 saturated heterocycles. The molecule has 0 spiro atoms. The van der Waals surface area contributed by atoms with E-state index in [1.807, 2.05) is 12.1 Å². The van der Waals surface area contributed by atoms with Gasteiger partial charge in [-0.1, -0.05) is 43.2 Å². The number of nitrogens with zero attached hydrogens (tertiary/aromatic N) is 3. The highest BCUT2D eigenvalue weighted by atomic mass is 32.1. The minimum absolute atomic E-state index is 0.146. The third-order valence-corrected chi connectivity index (χ3v) is 7.60. The highest BCUT2D eigenvalue weighted by molar-refractivity contribution is 7.10. The fourth-order valence-electron chi connectivity index (χ4n) is 4.86. The van der Waals surface area contributed by atoms with Crippen molar-refractivity contribution in [3.8, 4) is 23.5 Å². The van der Waals surface area contributed by atoms with Crippen molar-refractivity contribution in [1.29, 1.82) is 0 Å². The van der Waals surface area contributed by atoms with Crippen LogP contribution >= 0.6 is 11.3 Å². The Balaban J connectivity index is 1.20. The van der Waals surface area contributed by atoms with Crippen LogP contribution in [0, 0.1) is 12.3 Å². The molecule has 5 rings (SSSR count). The second-order valence-electron chi connectivity index (χ2n) is 8.95. The van der Waals surface area contributed by atoms with Crippen LogP contribution in [0.25, 0.3) is 11.1 Å². The van der Waals surface area contributed by atoms with Gasteiger partial charge >= 0.3 is 6.03 Å². The second-order valence-corrected chi connectivity index (χ2v) is 9.81. The first-order chi connectivity index (χ1) is 16.5. The fourth-order valence-corrected chi connectivity index (χ4v) is 5.41. The Morgan fingerprint density at radius 2 is 1.79 bits per heavy atom. The average molecular weight is 473 g/mol. The molecule has 174 valence electrons. The third-order valence-electron chi connectivity index (χ3n) is 6.83. The summed E-state index contributed by atoms with van der Waals surface area (Å²) in [6, 6.07) is 16.7. The summed E-state index contributed by atoms with van der Waals surface area (Å²) in [5.74, 6) is 2.98. The largest absolute Gasteiger partial charge is 0.385 e. The van der Waals surface area contributed by atoms with Gasteiger partial charge in [0.1, 0.15) is 5.82 Å². The van der Waals surface area contributed by atoms with Gasteiger partial charge in [-0.3, -0.25) is 5.32 Å². The summed E-state index contributed by atoms with van der Waals surface area (Å²) in [6.07, 6.45) is 9.20. The molecule has 2 fully saturated rings. The fraction of sp³-hybridized carbons (Fsp3) is 0.333. The van der Waals surface area contributed by atoms with Gasteiger partial charge in [-0.25, -0.2) is 9.78 Å². The molecule has 2 N–H and O–H groups in total. The molecule has 2 aromatic carbocycles. The number of nitrogens with one attached hydrogen (secondary N) is 1. The number of carbonyl (C=O) groups excluding carboxylic acids is 1. The van der Waals surface area contributed by atoms with Gasteiger partial charge in [-0.15, -0.1) is 17.8 Å². The van der Waals surface area contributed by atoms with E-state index in [1.54, 1.807) is 10.3 Å². The molecular weight excluding hydrogens is 444 g/mol. The predicted octanol–water partition coefficient (Wildman–Crippen LogP) is 4.91. The first-order valence-electron chi connectivity index (χ1n) is 11.7. The van der Waals surface area contributed by atoms with Gasteiger partial charge in [0.2, 0.25) is 0 Å². The summed E-state index contributed by atoms with van der Waals surface area (Å²) in [5, 5.41) is 16.1. The second kappa shape index (κ2) is 9.49. The van der Waals surface area contributed by atoms with E-state index in [4.69, 9.17) is 6.42 Å². The van der Waals surface area contributed by atoms with Crippen molar-refractivity contribution in [3.05, 3.63) is 64.5 Å². The van der Waals surface area contributed by atoms with Crippen LogP contribution in [0.1, 0.15) is 36.3 Å². The van der Waals surface area contributed by atoms with Gasteiger partial charge in [0.05, 0.1) is 5.60 Å². The highest BCUT2D eigenvalue weighted by Crippen LogP contribution is 2.39. The number of rotatable bonds is 4. The standard InChI is InChI=1S/C27H28N4O2S/c1-2-25-28-24(19-34-25)29-26(32)31-16-14-30(15-17-31)23-10-8-20(9-11-23)21-6-5-7-22(18-21)27(33)12-3-4-13-27/h1,5-11,18-19,33H,3-4,12-17H2,(H,29,32). The molecule has 1 aliphatic carbocycles. The quantitative estimate of drug-likeness (QED) is 0.530. The van der Waals surface area contributed by atoms with E-state index in [0.29, 0.717) is 23.9 Å². The van der Waals surface area contributed by atoms with E-state index in [2.05, 4.69) is 57.5 Å². The number of hydrogen-bond donors (Lipinski definition) is 2. The highest BCUT2D eigenvalue weighted by Gasteiger charge is 2.33. The Hall–Kier alpha value is -3.34. The van der Waals surface area contributed by atoms with Crippen molar-refractivity contribution >= 4 is 28.9 Å². The lowest BCUT2D eigenvalue weighted by molar-refractivity contribution is 0.0445. The Bertz CT molecular complexity index is 1200. The maximum Gasteiger partial charge on any atom is 0.323 e. The number of anilines is 2. The molecule has 6 nitrogen and oxygen atoms in total. The zero-order chi connectivity index (χ0) is 23.5. The Morgan fingerprint density at radius 1 is 1.06 bits per heavy atom. The van der Waals surface area contributed by atoms with Crippen molar-refractivity contribution < 1.29 is 9.90 Å². The van der Waals surface area contributed by atoms with Crippen LogP contribution in [0.4, 0.5) is 16.3 Å². The minimum Gasteiger partial charge on any atom is -0.385 e. The van der Waals surface area contributed by atoms with Crippen molar-refractivity contribution in [2.24, 2.45) is 0 Å². The molecule has 2 aliphatic rings. The molecule has 1 aliphatic heterocycles. The Labute approximate surface area is 204 Å². The number of benzene rings is 2. The van der Waals surface area contributed by atoms with Crippen LogP contribution in [0.3, 0.4) is 0 Å². The number of piperazine rings is 1. The van der Waals surface area contributed by atoms with Crippen molar-refractivity contribution in [3.63, 3.8) is 0 Å². The van der Waals surface area contributed by atoms with Gasteiger partial charge in [-0.05, 0) is 53.7 Å². The molecule has 0 bridgehead atoms. The number of aromatic nitrogens is 1. The molecule has 1 saturated carbocycles. The molecule has 2 heterocycles. The molecule has 0 atom stereocenters. The zero-order valence-electron chi connectivity index (χ0n) is 19.0. The number of hydrogen-bond acceptors (Lipinski definition) is 5. The van der Waals surface area contributed by atoms with Crippen LogP contribution in [0.5, 0.6) is 0 Å². The molecule has 1 aromatic heterocycles. The SMILES string of the molecule is C#Cc1nc(NC(=O)N2CCN(c3ccc(-c4cccc(C5(O)CCCC5)c4)cc3)CC2)cs1. The molecular formula is C27H28N4O2S. The molecule has 3 aromatic rings. The summed E-state index contributed by atoms with van der Waals surface area (Å²) >= 11 is 1.34. The summed E-state index contributed by atoms with van der Waals surface area (Å²) in [7, 11) is 0. The third kappa shape index (κ3) is 4.65. The van der Waals surface area contributed by atoms with Crippen LogP contribution in [-0.2, 0) is 5.60 Å². The van der Waals surface area contributed by atoms with Gasteiger partial charge in [-0.2, -0.15) is 0 Å². The lowest BCUT2D eigenvalue weighted by Crippen LogP contribution is -2.50. The summed E-state index contributed by atoms with van der Waals surface area (Å²) in [4.78, 5) is 20.8. The van der Waals surface area contributed by atoms with Gasteiger partial charge < -0.3 is 14.9 Å². The minimum atomic E-state index is -0.676. The number of carbonyl (C=O) groups is 1. The number of urea groups is 1. The van der Waals surface area contributed by atoms with Crippen LogP contribution in [0.15, 0.2) is 53.9 Å². The maximum atomic E-state index is 12.5. The summed E-state index contributed by atoms with van der Waals surface area (Å²) in [5.41, 5.74) is 3.76. The maximum absolute atomic E-state index is 12.5. The van der Waals surface area contributed by atoms with E-state index in [1.165, 1.54) is 11.3 Å². The van der Waals surface area contributed by atoms with E-state index >= 15 is 0 Å². The first-order valence-corrected chi connectivity index (χ1v) is 12.6. The Morgan fingerprint density at radius 3 is 2.47 bits per heavy atom. The first kappa shape index (κ1) is 22.5. The Kier molecular flexibility index (Phi) is 6.27. The van der Waals surface area contributed by atoms with Crippen LogP contribution in [0.2, 0.25) is 0 Å². The van der Waals surface area contributed by atoms with Crippen molar-refractivity contribution in [1.82, 2.24) is 9.88 Å². The molecule has 0 unspecified atom stereocenters. The lowest BCUT2D eigenvalue weighted by Gasteiger charge is -2.36. The normalized spacial score (nSPS) is 17.4. The molecule has 0 radical (unpaired) electrons. The van der Waals surface area contributed by atoms with Crippen molar-refractivity contribution in [2.45, 2.75) is 31.3 Å². The van der Waals surface area contributed by atoms with E-state index in [-0.39, 0.29) is 6.03 Å². The summed E-state index contributed by atoms with van der Waals surface area (Å²) in [6.45, 7) is 2.81.